The molecule has 0 radical (unpaired) electrons. The Hall–Kier alpha value is -0.430. The number of hydrogen-bond acceptors (Lipinski definition) is 0. The van der Waals surface area contributed by atoms with E-state index in [0.717, 1.165) is 5.02 Å². The maximum Gasteiger partial charge on any atom is 0.0614 e. The molecular weight excluding hydrogens is 134 g/mol. The van der Waals surface area contributed by atoms with Crippen LogP contribution in [0.1, 0.15) is 25.3 Å². The number of rotatable bonds is 1. The summed E-state index contributed by atoms with van der Waals surface area (Å²) < 4.78 is 0. The molecule has 0 fully saturated rings. The van der Waals surface area contributed by atoms with Crippen LogP contribution in [-0.4, -0.2) is 4.98 Å². The van der Waals surface area contributed by atoms with Crippen molar-refractivity contribution in [3.63, 3.8) is 0 Å². The topological polar surface area (TPSA) is 15.8 Å². The second-order valence-electron chi connectivity index (χ2n) is 2.41. The van der Waals surface area contributed by atoms with Crippen LogP contribution >= 0.6 is 11.6 Å². The molecular formula is C7H10ClN. The number of hydrogen-bond donors (Lipinski definition) is 1. The number of halogens is 1. The number of H-pyrrole nitrogens is 1. The third-order valence-corrected chi connectivity index (χ3v) is 1.67. The highest BCUT2D eigenvalue weighted by Crippen LogP contribution is 2.22. The molecule has 1 aromatic rings. The fourth-order valence-electron chi connectivity index (χ4n) is 0.799. The van der Waals surface area contributed by atoms with Gasteiger partial charge in [0.25, 0.3) is 0 Å². The summed E-state index contributed by atoms with van der Waals surface area (Å²) in [6, 6.07) is 0. The molecule has 0 spiro atoms. The molecule has 0 amide bonds. The first kappa shape index (κ1) is 6.69. The van der Waals surface area contributed by atoms with Crippen molar-refractivity contribution < 1.29 is 0 Å². The van der Waals surface area contributed by atoms with Crippen molar-refractivity contribution in [1.82, 2.24) is 4.98 Å². The van der Waals surface area contributed by atoms with E-state index in [4.69, 9.17) is 11.6 Å². The summed E-state index contributed by atoms with van der Waals surface area (Å²) in [6.07, 6.45) is 3.74. The summed E-state index contributed by atoms with van der Waals surface area (Å²) in [5.74, 6) is 0.517. The highest BCUT2D eigenvalue weighted by molar-refractivity contribution is 6.31. The van der Waals surface area contributed by atoms with Crippen LogP contribution in [0, 0.1) is 0 Å². The van der Waals surface area contributed by atoms with Gasteiger partial charge in [-0.15, -0.1) is 0 Å². The molecule has 0 bridgehead atoms. The second kappa shape index (κ2) is 2.44. The minimum absolute atomic E-state index is 0.517. The van der Waals surface area contributed by atoms with E-state index in [1.807, 2.05) is 6.20 Å². The van der Waals surface area contributed by atoms with Gasteiger partial charge in [0.15, 0.2) is 0 Å². The molecule has 1 rings (SSSR count). The van der Waals surface area contributed by atoms with Gasteiger partial charge in [-0.05, 0) is 11.5 Å². The Kier molecular flexibility index (Phi) is 1.81. The van der Waals surface area contributed by atoms with E-state index in [0.29, 0.717) is 5.92 Å². The minimum atomic E-state index is 0.517. The zero-order valence-corrected chi connectivity index (χ0v) is 6.37. The third-order valence-electron chi connectivity index (χ3n) is 1.35. The highest BCUT2D eigenvalue weighted by atomic mass is 35.5. The van der Waals surface area contributed by atoms with Gasteiger partial charge >= 0.3 is 0 Å². The zero-order chi connectivity index (χ0) is 6.85. The standard InChI is InChI=1S/C7H10ClN/c1-5(2)6-3-9-4-7(6)8/h3-5,9H,1-2H3. The molecule has 0 aromatic carbocycles. The third kappa shape index (κ3) is 1.28. The predicted molar refractivity (Wildman–Crippen MR) is 39.9 cm³/mol. The molecule has 0 aliphatic heterocycles. The van der Waals surface area contributed by atoms with Crippen molar-refractivity contribution >= 4 is 11.6 Å². The SMILES string of the molecule is CC(C)c1c[nH]cc1Cl. The van der Waals surface area contributed by atoms with E-state index in [9.17, 15) is 0 Å². The first-order valence-electron chi connectivity index (χ1n) is 3.04. The lowest BCUT2D eigenvalue weighted by molar-refractivity contribution is 0.869. The van der Waals surface area contributed by atoms with Crippen molar-refractivity contribution in [1.29, 1.82) is 0 Å². The lowest BCUT2D eigenvalue weighted by Gasteiger charge is -1.99. The zero-order valence-electron chi connectivity index (χ0n) is 5.61. The molecule has 0 aliphatic carbocycles. The van der Waals surface area contributed by atoms with E-state index >= 15 is 0 Å². The Morgan fingerprint density at radius 1 is 1.44 bits per heavy atom. The summed E-state index contributed by atoms with van der Waals surface area (Å²) in [5.41, 5.74) is 1.19. The van der Waals surface area contributed by atoms with Gasteiger partial charge in [-0.25, -0.2) is 0 Å². The number of nitrogens with one attached hydrogen (secondary N) is 1. The van der Waals surface area contributed by atoms with E-state index < -0.39 is 0 Å². The van der Waals surface area contributed by atoms with Gasteiger partial charge < -0.3 is 4.98 Å². The lowest BCUT2D eigenvalue weighted by atomic mass is 10.1. The molecule has 0 saturated heterocycles. The van der Waals surface area contributed by atoms with Gasteiger partial charge in [0, 0.05) is 12.4 Å². The van der Waals surface area contributed by atoms with Crippen LogP contribution in [0.2, 0.25) is 5.02 Å². The van der Waals surface area contributed by atoms with Gasteiger partial charge in [0.1, 0.15) is 0 Å². The van der Waals surface area contributed by atoms with Crippen LogP contribution in [0.3, 0.4) is 0 Å². The Labute approximate surface area is 60.0 Å². The monoisotopic (exact) mass is 143 g/mol. The summed E-state index contributed by atoms with van der Waals surface area (Å²) >= 11 is 5.80. The molecule has 9 heavy (non-hydrogen) atoms. The predicted octanol–water partition coefficient (Wildman–Crippen LogP) is 2.79. The largest absolute Gasteiger partial charge is 0.366 e. The Bertz CT molecular complexity index is 191. The molecule has 0 saturated carbocycles. The smallest absolute Gasteiger partial charge is 0.0614 e. The number of aromatic nitrogens is 1. The van der Waals surface area contributed by atoms with E-state index in [1.165, 1.54) is 5.56 Å². The molecule has 1 aromatic heterocycles. The van der Waals surface area contributed by atoms with Crippen molar-refractivity contribution in [2.75, 3.05) is 0 Å². The average molecular weight is 144 g/mol. The quantitative estimate of drug-likeness (QED) is 0.622. The molecule has 1 nitrogen and oxygen atoms in total. The Morgan fingerprint density at radius 2 is 2.11 bits per heavy atom. The van der Waals surface area contributed by atoms with Gasteiger partial charge in [-0.3, -0.25) is 0 Å². The maximum absolute atomic E-state index is 5.80. The second-order valence-corrected chi connectivity index (χ2v) is 2.82. The summed E-state index contributed by atoms with van der Waals surface area (Å²) in [4.78, 5) is 2.95. The summed E-state index contributed by atoms with van der Waals surface area (Å²) in [7, 11) is 0. The number of aromatic amines is 1. The van der Waals surface area contributed by atoms with E-state index in [-0.39, 0.29) is 0 Å². The molecule has 0 unspecified atom stereocenters. The van der Waals surface area contributed by atoms with Crippen LogP contribution in [0.15, 0.2) is 12.4 Å². The van der Waals surface area contributed by atoms with Gasteiger partial charge in [-0.1, -0.05) is 25.4 Å². The van der Waals surface area contributed by atoms with Crippen LogP contribution in [0.25, 0.3) is 0 Å². The van der Waals surface area contributed by atoms with E-state index in [1.54, 1.807) is 6.20 Å². The first-order valence-corrected chi connectivity index (χ1v) is 3.42. The van der Waals surface area contributed by atoms with Crippen molar-refractivity contribution in [3.05, 3.63) is 23.0 Å². The fraction of sp³-hybridized carbons (Fsp3) is 0.429. The van der Waals surface area contributed by atoms with Gasteiger partial charge in [0.2, 0.25) is 0 Å². The summed E-state index contributed by atoms with van der Waals surface area (Å²) in [6.45, 7) is 4.24. The molecule has 0 atom stereocenters. The van der Waals surface area contributed by atoms with E-state index in [2.05, 4.69) is 18.8 Å². The van der Waals surface area contributed by atoms with Crippen molar-refractivity contribution in [2.45, 2.75) is 19.8 Å². The first-order chi connectivity index (χ1) is 4.22. The van der Waals surface area contributed by atoms with Crippen LogP contribution in [0.4, 0.5) is 0 Å². The van der Waals surface area contributed by atoms with Crippen molar-refractivity contribution in [3.8, 4) is 0 Å². The van der Waals surface area contributed by atoms with Crippen LogP contribution in [0.5, 0.6) is 0 Å². The molecule has 50 valence electrons. The van der Waals surface area contributed by atoms with Crippen LogP contribution in [-0.2, 0) is 0 Å². The van der Waals surface area contributed by atoms with Crippen LogP contribution < -0.4 is 0 Å². The Morgan fingerprint density at radius 3 is 2.33 bits per heavy atom. The average Bonchev–Trinajstić information content (AvgIpc) is 2.13. The molecule has 2 heteroatoms. The molecule has 1 heterocycles. The molecule has 1 N–H and O–H groups in total. The lowest BCUT2D eigenvalue weighted by Crippen LogP contribution is -1.82. The van der Waals surface area contributed by atoms with Gasteiger partial charge in [-0.2, -0.15) is 0 Å². The summed E-state index contributed by atoms with van der Waals surface area (Å²) in [5, 5.41) is 0.838. The van der Waals surface area contributed by atoms with Crippen molar-refractivity contribution in [2.24, 2.45) is 0 Å². The molecule has 0 aliphatic rings. The minimum Gasteiger partial charge on any atom is -0.366 e. The van der Waals surface area contributed by atoms with Gasteiger partial charge in [0.05, 0.1) is 5.02 Å². The fourth-order valence-corrected chi connectivity index (χ4v) is 1.14. The normalized spacial score (nSPS) is 10.7. The highest BCUT2D eigenvalue weighted by Gasteiger charge is 2.03. The Balaban J connectivity index is 2.94. The maximum atomic E-state index is 5.80.